The minimum absolute atomic E-state index is 0.369. The maximum Gasteiger partial charge on any atom is 0.0970 e. The van der Waals surface area contributed by atoms with Gasteiger partial charge in [0.1, 0.15) is 0 Å². The van der Waals surface area contributed by atoms with E-state index in [2.05, 4.69) is 28.0 Å². The summed E-state index contributed by atoms with van der Waals surface area (Å²) in [6.07, 6.45) is 7.88. The second-order valence-electron chi connectivity index (χ2n) is 5.88. The molecule has 2 aliphatic rings. The fourth-order valence-electron chi connectivity index (χ4n) is 4.02. The zero-order valence-corrected chi connectivity index (χ0v) is 12.4. The predicted octanol–water partition coefficient (Wildman–Crippen LogP) is 3.53. The monoisotopic (exact) mass is 312 g/mol. The molecule has 3 rings (SSSR count). The zero-order valence-electron chi connectivity index (χ0n) is 10.8. The van der Waals surface area contributed by atoms with Gasteiger partial charge in [0.05, 0.1) is 22.5 Å². The van der Waals surface area contributed by atoms with Gasteiger partial charge in [-0.05, 0) is 66.3 Å². The molecule has 100 valence electrons. The van der Waals surface area contributed by atoms with Gasteiger partial charge in [0.2, 0.25) is 0 Å². The molecule has 2 bridgehead atoms. The Balaban J connectivity index is 1.71. The third-order valence-corrected chi connectivity index (χ3v) is 5.47. The molecule has 0 spiro atoms. The van der Waals surface area contributed by atoms with Crippen LogP contribution in [0.15, 0.2) is 10.7 Å². The molecule has 1 heterocycles. The van der Waals surface area contributed by atoms with Crippen LogP contribution >= 0.6 is 15.9 Å². The van der Waals surface area contributed by atoms with Gasteiger partial charge >= 0.3 is 0 Å². The van der Waals surface area contributed by atoms with Gasteiger partial charge in [-0.3, -0.25) is 4.68 Å². The van der Waals surface area contributed by atoms with Crippen molar-refractivity contribution in [3.8, 4) is 0 Å². The summed E-state index contributed by atoms with van der Waals surface area (Å²) in [6, 6.07) is 0. The van der Waals surface area contributed by atoms with Crippen molar-refractivity contribution >= 4 is 15.9 Å². The molecule has 1 N–H and O–H groups in total. The Morgan fingerprint density at radius 2 is 2.33 bits per heavy atom. The van der Waals surface area contributed by atoms with Crippen LogP contribution in [0.2, 0.25) is 0 Å². The minimum atomic E-state index is -0.369. The van der Waals surface area contributed by atoms with Crippen LogP contribution < -0.4 is 0 Å². The van der Waals surface area contributed by atoms with Gasteiger partial charge in [-0.2, -0.15) is 5.10 Å². The molecule has 3 nitrogen and oxygen atoms in total. The number of nitrogens with zero attached hydrogens (tertiary/aromatic N) is 2. The number of hydrogen-bond donors (Lipinski definition) is 1. The van der Waals surface area contributed by atoms with Gasteiger partial charge < -0.3 is 5.11 Å². The SMILES string of the molecule is CCn1ncc(Br)c1C(O)CC1CC2CCC1C2. The first kappa shape index (κ1) is 12.7. The van der Waals surface area contributed by atoms with Crippen LogP contribution in [0.3, 0.4) is 0 Å². The van der Waals surface area contributed by atoms with Gasteiger partial charge in [-0.25, -0.2) is 0 Å². The highest BCUT2D eigenvalue weighted by Gasteiger charge is 2.40. The summed E-state index contributed by atoms with van der Waals surface area (Å²) < 4.78 is 2.85. The average molecular weight is 313 g/mol. The Morgan fingerprint density at radius 1 is 1.50 bits per heavy atom. The molecule has 1 aromatic rings. The molecule has 4 atom stereocenters. The van der Waals surface area contributed by atoms with Crippen LogP contribution in [0, 0.1) is 17.8 Å². The van der Waals surface area contributed by atoms with Gasteiger partial charge in [-0.15, -0.1) is 0 Å². The molecule has 0 aromatic carbocycles. The molecule has 0 saturated heterocycles. The van der Waals surface area contributed by atoms with Crippen molar-refractivity contribution in [2.45, 2.75) is 51.7 Å². The standard InChI is InChI=1S/C14H21BrN2O/c1-2-17-14(12(15)8-16-17)13(18)7-11-6-9-3-4-10(11)5-9/h8-11,13,18H,2-7H2,1H3. The smallest absolute Gasteiger partial charge is 0.0970 e. The van der Waals surface area contributed by atoms with E-state index in [1.54, 1.807) is 6.20 Å². The van der Waals surface area contributed by atoms with Crippen molar-refractivity contribution < 1.29 is 5.11 Å². The van der Waals surface area contributed by atoms with Crippen LogP contribution in [-0.2, 0) is 6.54 Å². The molecule has 4 heteroatoms. The Morgan fingerprint density at radius 3 is 2.94 bits per heavy atom. The van der Waals surface area contributed by atoms with E-state index in [9.17, 15) is 5.11 Å². The lowest BCUT2D eigenvalue weighted by Crippen LogP contribution is -2.17. The molecular formula is C14H21BrN2O. The summed E-state index contributed by atoms with van der Waals surface area (Å²) in [5.41, 5.74) is 0.959. The van der Waals surface area contributed by atoms with Crippen molar-refractivity contribution in [1.29, 1.82) is 0 Å². The summed E-state index contributed by atoms with van der Waals surface area (Å²) in [7, 11) is 0. The van der Waals surface area contributed by atoms with Crippen molar-refractivity contribution in [2.75, 3.05) is 0 Å². The van der Waals surface area contributed by atoms with Crippen molar-refractivity contribution in [1.82, 2.24) is 9.78 Å². The lowest BCUT2D eigenvalue weighted by molar-refractivity contribution is 0.116. The lowest BCUT2D eigenvalue weighted by atomic mass is 9.84. The van der Waals surface area contributed by atoms with E-state index in [1.165, 1.54) is 25.7 Å². The molecule has 0 radical (unpaired) electrons. The molecule has 2 saturated carbocycles. The third-order valence-electron chi connectivity index (χ3n) is 4.86. The van der Waals surface area contributed by atoms with Gasteiger partial charge in [0, 0.05) is 6.54 Å². The van der Waals surface area contributed by atoms with Crippen LogP contribution in [0.4, 0.5) is 0 Å². The van der Waals surface area contributed by atoms with Gasteiger partial charge in [0.15, 0.2) is 0 Å². The second-order valence-corrected chi connectivity index (χ2v) is 6.73. The molecule has 2 fully saturated rings. The number of aliphatic hydroxyl groups is 1. The highest BCUT2D eigenvalue weighted by atomic mass is 79.9. The molecule has 4 unspecified atom stereocenters. The van der Waals surface area contributed by atoms with E-state index in [0.717, 1.165) is 40.9 Å². The summed E-state index contributed by atoms with van der Waals surface area (Å²) in [5, 5.41) is 14.8. The Bertz CT molecular complexity index is 431. The first-order chi connectivity index (χ1) is 8.69. The number of aryl methyl sites for hydroxylation is 1. The van der Waals surface area contributed by atoms with E-state index in [1.807, 2.05) is 4.68 Å². The Hall–Kier alpha value is -0.350. The Labute approximate surface area is 117 Å². The number of aliphatic hydroxyl groups excluding tert-OH is 1. The van der Waals surface area contributed by atoms with E-state index < -0.39 is 0 Å². The quantitative estimate of drug-likeness (QED) is 0.923. The van der Waals surface area contributed by atoms with E-state index in [4.69, 9.17) is 0 Å². The van der Waals surface area contributed by atoms with E-state index in [-0.39, 0.29) is 6.10 Å². The topological polar surface area (TPSA) is 38.0 Å². The number of aromatic nitrogens is 2. The number of fused-ring (bicyclic) bond motifs is 2. The molecule has 2 aliphatic carbocycles. The van der Waals surface area contributed by atoms with Gasteiger partial charge in [-0.1, -0.05) is 6.42 Å². The fourth-order valence-corrected chi connectivity index (χ4v) is 4.58. The summed E-state index contributed by atoms with van der Waals surface area (Å²) in [4.78, 5) is 0. The predicted molar refractivity (Wildman–Crippen MR) is 74.1 cm³/mol. The van der Waals surface area contributed by atoms with Crippen LogP contribution in [-0.4, -0.2) is 14.9 Å². The minimum Gasteiger partial charge on any atom is -0.387 e. The molecule has 1 aromatic heterocycles. The summed E-state index contributed by atoms with van der Waals surface area (Å²) in [6.45, 7) is 2.88. The molecule has 0 amide bonds. The molecule has 18 heavy (non-hydrogen) atoms. The largest absolute Gasteiger partial charge is 0.387 e. The van der Waals surface area contributed by atoms with Crippen LogP contribution in [0.25, 0.3) is 0 Å². The number of halogens is 1. The zero-order chi connectivity index (χ0) is 12.7. The maximum absolute atomic E-state index is 10.5. The lowest BCUT2D eigenvalue weighted by Gasteiger charge is -2.24. The summed E-state index contributed by atoms with van der Waals surface area (Å²) >= 11 is 3.51. The maximum atomic E-state index is 10.5. The van der Waals surface area contributed by atoms with Crippen LogP contribution in [0.1, 0.15) is 50.8 Å². The van der Waals surface area contributed by atoms with Gasteiger partial charge in [0.25, 0.3) is 0 Å². The Kier molecular flexibility index (Phi) is 3.50. The van der Waals surface area contributed by atoms with E-state index >= 15 is 0 Å². The van der Waals surface area contributed by atoms with Crippen molar-refractivity contribution in [3.63, 3.8) is 0 Å². The normalized spacial score (nSPS) is 32.1. The van der Waals surface area contributed by atoms with Crippen molar-refractivity contribution in [2.24, 2.45) is 17.8 Å². The first-order valence-electron chi connectivity index (χ1n) is 7.08. The second kappa shape index (κ2) is 4.97. The summed E-state index contributed by atoms with van der Waals surface area (Å²) in [5.74, 6) is 2.55. The molecule has 0 aliphatic heterocycles. The highest BCUT2D eigenvalue weighted by molar-refractivity contribution is 9.10. The highest BCUT2D eigenvalue weighted by Crippen LogP contribution is 2.51. The number of rotatable bonds is 4. The number of hydrogen-bond acceptors (Lipinski definition) is 2. The third kappa shape index (κ3) is 2.14. The van der Waals surface area contributed by atoms with Crippen LogP contribution in [0.5, 0.6) is 0 Å². The molecular weight excluding hydrogens is 292 g/mol. The first-order valence-corrected chi connectivity index (χ1v) is 7.87. The fraction of sp³-hybridized carbons (Fsp3) is 0.786. The average Bonchev–Trinajstić information content (AvgIpc) is 3.03. The van der Waals surface area contributed by atoms with Crippen molar-refractivity contribution in [3.05, 3.63) is 16.4 Å². The van der Waals surface area contributed by atoms with E-state index in [0.29, 0.717) is 0 Å².